The first-order chi connectivity index (χ1) is 9.98. The number of rotatable bonds is 4. The third-order valence-corrected chi connectivity index (χ3v) is 5.32. The summed E-state index contributed by atoms with van der Waals surface area (Å²) in [5.74, 6) is -0.532. The van der Waals surface area contributed by atoms with Gasteiger partial charge in [-0.25, -0.2) is 8.42 Å². The van der Waals surface area contributed by atoms with E-state index in [1.165, 1.54) is 10.4 Å². The zero-order valence-electron chi connectivity index (χ0n) is 11.8. The number of nitrogens with zero attached hydrogens (tertiary/aromatic N) is 2. The summed E-state index contributed by atoms with van der Waals surface area (Å²) < 4.78 is 31.2. The lowest BCUT2D eigenvalue weighted by Gasteiger charge is -2.21. The van der Waals surface area contributed by atoms with Crippen LogP contribution < -0.4 is 0 Å². The van der Waals surface area contributed by atoms with Crippen LogP contribution in [0.1, 0.15) is 25.5 Å². The zero-order valence-corrected chi connectivity index (χ0v) is 12.6. The number of aliphatic hydroxyl groups excluding tert-OH is 1. The van der Waals surface area contributed by atoms with E-state index < -0.39 is 22.0 Å². The molecule has 21 heavy (non-hydrogen) atoms. The van der Waals surface area contributed by atoms with E-state index in [9.17, 15) is 18.8 Å². The lowest BCUT2D eigenvalue weighted by Crippen LogP contribution is -2.29. The van der Waals surface area contributed by atoms with Gasteiger partial charge in [0.15, 0.2) is 0 Å². The molecule has 1 aromatic rings. The average molecular weight is 308 g/mol. The maximum absolute atomic E-state index is 12.5. The number of ether oxygens (including phenoxy) is 1. The highest BCUT2D eigenvalue weighted by Crippen LogP contribution is 2.43. The molecule has 0 spiro atoms. The Morgan fingerprint density at radius 1 is 1.43 bits per heavy atom. The van der Waals surface area contributed by atoms with Crippen LogP contribution in [0.4, 0.5) is 0 Å². The third kappa shape index (κ3) is 2.37. The van der Waals surface area contributed by atoms with E-state index in [1.54, 1.807) is 32.0 Å². The van der Waals surface area contributed by atoms with Crippen LogP contribution in [0, 0.1) is 11.3 Å². The van der Waals surface area contributed by atoms with E-state index in [0.29, 0.717) is 5.56 Å². The Balaban J connectivity index is 2.68. The lowest BCUT2D eigenvalue weighted by atomic mass is 10.00. The Kier molecular flexibility index (Phi) is 4.21. The normalized spacial score (nSPS) is 21.3. The fourth-order valence-electron chi connectivity index (χ4n) is 2.45. The quantitative estimate of drug-likeness (QED) is 0.679. The molecule has 1 atom stereocenters. The number of likely N-dealkylation sites (N-methyl/N-ethyl adjacent to an activating group) is 1. The van der Waals surface area contributed by atoms with Gasteiger partial charge in [0.1, 0.15) is 11.6 Å². The fourth-order valence-corrected chi connectivity index (χ4v) is 4.27. The van der Waals surface area contributed by atoms with Gasteiger partial charge in [-0.2, -0.15) is 9.57 Å². The van der Waals surface area contributed by atoms with E-state index in [4.69, 9.17) is 4.74 Å². The van der Waals surface area contributed by atoms with Crippen molar-refractivity contribution in [2.45, 2.75) is 24.8 Å². The summed E-state index contributed by atoms with van der Waals surface area (Å²) in [5, 5.41) is 19.2. The van der Waals surface area contributed by atoms with Crippen LogP contribution in [0.25, 0.3) is 0 Å². The van der Waals surface area contributed by atoms with Crippen LogP contribution in [-0.4, -0.2) is 31.0 Å². The van der Waals surface area contributed by atoms with Gasteiger partial charge >= 0.3 is 0 Å². The minimum absolute atomic E-state index is 0.104. The van der Waals surface area contributed by atoms with Crippen molar-refractivity contribution < 1.29 is 18.3 Å². The molecule has 6 nitrogen and oxygen atoms in total. The molecule has 0 saturated carbocycles. The summed E-state index contributed by atoms with van der Waals surface area (Å²) >= 11 is 0. The number of fused-ring (bicyclic) bond motifs is 1. The Morgan fingerprint density at radius 3 is 2.67 bits per heavy atom. The van der Waals surface area contributed by atoms with Gasteiger partial charge in [-0.3, -0.25) is 0 Å². The summed E-state index contributed by atoms with van der Waals surface area (Å²) in [5.41, 5.74) is 0.370. The molecular weight excluding hydrogens is 292 g/mol. The Hall–Kier alpha value is -2.04. The van der Waals surface area contributed by atoms with Crippen molar-refractivity contribution in [1.82, 2.24) is 4.31 Å². The van der Waals surface area contributed by atoms with Crippen LogP contribution in [0.2, 0.25) is 0 Å². The largest absolute Gasteiger partial charge is 0.480 e. The SMILES string of the molecule is CCO/C(O)=C(/C#N)C1c2ccccc2S(=O)(=O)N1CC. The molecule has 0 aromatic heterocycles. The van der Waals surface area contributed by atoms with Crippen molar-refractivity contribution in [3.05, 3.63) is 41.3 Å². The summed E-state index contributed by atoms with van der Waals surface area (Å²) in [6.45, 7) is 3.72. The monoisotopic (exact) mass is 308 g/mol. The number of aliphatic hydroxyl groups is 1. The standard InChI is InChI=1S/C14H16N2O4S/c1-3-16-13(11(9-15)14(17)20-4-2)10-7-5-6-8-12(10)21(16,18)19/h5-8,13,17H,3-4H2,1-2H3/b14-11-. The van der Waals surface area contributed by atoms with Gasteiger partial charge < -0.3 is 9.84 Å². The summed E-state index contributed by atoms with van der Waals surface area (Å²) in [6, 6.07) is 7.49. The fraction of sp³-hybridized carbons (Fsp3) is 0.357. The smallest absolute Gasteiger partial charge is 0.293 e. The minimum Gasteiger partial charge on any atom is -0.480 e. The molecule has 1 aliphatic heterocycles. The molecule has 2 rings (SSSR count). The van der Waals surface area contributed by atoms with Crippen LogP contribution in [0.5, 0.6) is 0 Å². The summed E-state index contributed by atoms with van der Waals surface area (Å²) in [4.78, 5) is 0.161. The highest BCUT2D eigenvalue weighted by Gasteiger charge is 2.44. The Bertz CT molecular complexity index is 719. The zero-order chi connectivity index (χ0) is 15.6. The molecule has 1 N–H and O–H groups in total. The van der Waals surface area contributed by atoms with Gasteiger partial charge in [0, 0.05) is 6.54 Å². The van der Waals surface area contributed by atoms with Crippen molar-refractivity contribution in [1.29, 1.82) is 5.26 Å². The molecule has 1 heterocycles. The molecule has 1 aromatic carbocycles. The van der Waals surface area contributed by atoms with E-state index in [2.05, 4.69) is 0 Å². The predicted octanol–water partition coefficient (Wildman–Crippen LogP) is 2.08. The van der Waals surface area contributed by atoms with E-state index in [0.717, 1.165) is 0 Å². The van der Waals surface area contributed by atoms with Gasteiger partial charge in [0.2, 0.25) is 10.0 Å². The van der Waals surface area contributed by atoms with Crippen LogP contribution in [0.15, 0.2) is 40.7 Å². The molecule has 0 saturated heterocycles. The second kappa shape index (κ2) is 5.76. The van der Waals surface area contributed by atoms with E-state index in [1.807, 2.05) is 6.07 Å². The molecule has 0 aliphatic carbocycles. The number of hydrogen-bond donors (Lipinski definition) is 1. The molecule has 1 aliphatic rings. The predicted molar refractivity (Wildman–Crippen MR) is 75.6 cm³/mol. The van der Waals surface area contributed by atoms with Crippen molar-refractivity contribution >= 4 is 10.0 Å². The van der Waals surface area contributed by atoms with E-state index in [-0.39, 0.29) is 23.6 Å². The van der Waals surface area contributed by atoms with Gasteiger partial charge in [-0.05, 0) is 18.6 Å². The Morgan fingerprint density at radius 2 is 2.10 bits per heavy atom. The number of nitriles is 1. The Labute approximate surface area is 123 Å². The first-order valence-electron chi connectivity index (χ1n) is 6.55. The first kappa shape index (κ1) is 15.4. The van der Waals surface area contributed by atoms with E-state index >= 15 is 0 Å². The van der Waals surface area contributed by atoms with Crippen LogP contribution >= 0.6 is 0 Å². The first-order valence-corrected chi connectivity index (χ1v) is 7.99. The molecule has 0 bridgehead atoms. The molecule has 7 heteroatoms. The second-order valence-electron chi connectivity index (χ2n) is 4.41. The van der Waals surface area contributed by atoms with Crippen molar-refractivity contribution in [3.8, 4) is 6.07 Å². The van der Waals surface area contributed by atoms with Gasteiger partial charge in [0.05, 0.1) is 17.5 Å². The maximum Gasteiger partial charge on any atom is 0.293 e. The summed E-state index contributed by atoms with van der Waals surface area (Å²) in [7, 11) is -3.67. The van der Waals surface area contributed by atoms with Gasteiger partial charge in [-0.15, -0.1) is 0 Å². The number of sulfonamides is 1. The topological polar surface area (TPSA) is 90.6 Å². The minimum atomic E-state index is -3.67. The number of benzene rings is 1. The highest BCUT2D eigenvalue weighted by molar-refractivity contribution is 7.89. The lowest BCUT2D eigenvalue weighted by molar-refractivity contribution is 0.0955. The molecular formula is C14H16N2O4S. The van der Waals surface area contributed by atoms with Crippen molar-refractivity contribution in [2.24, 2.45) is 0 Å². The number of hydrogen-bond acceptors (Lipinski definition) is 5. The van der Waals surface area contributed by atoms with Crippen molar-refractivity contribution in [3.63, 3.8) is 0 Å². The van der Waals surface area contributed by atoms with Gasteiger partial charge in [-0.1, -0.05) is 25.1 Å². The average Bonchev–Trinajstić information content (AvgIpc) is 2.69. The summed E-state index contributed by atoms with van der Waals surface area (Å²) in [6.07, 6.45) is 0. The maximum atomic E-state index is 12.5. The molecule has 1 unspecified atom stereocenters. The highest BCUT2D eigenvalue weighted by atomic mass is 32.2. The molecule has 0 fully saturated rings. The van der Waals surface area contributed by atoms with Gasteiger partial charge in [0.25, 0.3) is 5.95 Å². The molecule has 0 radical (unpaired) electrons. The van der Waals surface area contributed by atoms with Crippen LogP contribution in [-0.2, 0) is 14.8 Å². The third-order valence-electron chi connectivity index (χ3n) is 3.31. The van der Waals surface area contributed by atoms with Crippen molar-refractivity contribution in [2.75, 3.05) is 13.2 Å². The molecule has 0 amide bonds. The van der Waals surface area contributed by atoms with Crippen LogP contribution in [0.3, 0.4) is 0 Å². The second-order valence-corrected chi connectivity index (χ2v) is 6.27. The molecule has 112 valence electrons.